The Labute approximate surface area is 180 Å². The van der Waals surface area contributed by atoms with Crippen molar-refractivity contribution >= 4 is 46.0 Å². The summed E-state index contributed by atoms with van der Waals surface area (Å²) >= 11 is 7.20. The number of hydrogen-bond donors (Lipinski definition) is 0. The number of carbonyl (C=O) groups excluding carboxylic acids is 1. The van der Waals surface area contributed by atoms with Crippen molar-refractivity contribution in [2.45, 2.75) is 24.9 Å². The fourth-order valence-corrected chi connectivity index (χ4v) is 3.99. The molecule has 30 heavy (non-hydrogen) atoms. The summed E-state index contributed by atoms with van der Waals surface area (Å²) in [6, 6.07) is 2.75. The molecule has 0 saturated heterocycles. The van der Waals surface area contributed by atoms with Crippen LogP contribution in [0.25, 0.3) is 22.6 Å². The second-order valence-corrected chi connectivity index (χ2v) is 7.87. The second-order valence-electron chi connectivity index (χ2n) is 6.30. The first-order valence-electron chi connectivity index (χ1n) is 9.10. The Balaban J connectivity index is 2.13. The average molecular weight is 458 g/mol. The fraction of sp³-hybridized carbons (Fsp3) is 0.368. The van der Waals surface area contributed by atoms with Gasteiger partial charge in [0, 0.05) is 18.5 Å². The Morgan fingerprint density at radius 1 is 1.23 bits per heavy atom. The third kappa shape index (κ3) is 4.24. The molecule has 0 radical (unpaired) electrons. The van der Waals surface area contributed by atoms with E-state index in [-0.39, 0.29) is 17.3 Å². The lowest BCUT2D eigenvalue weighted by Gasteiger charge is -2.21. The molecule has 1 amide bonds. The van der Waals surface area contributed by atoms with Crippen molar-refractivity contribution in [3.05, 3.63) is 30.2 Å². The van der Waals surface area contributed by atoms with E-state index in [0.29, 0.717) is 29.3 Å². The highest BCUT2D eigenvalue weighted by Crippen LogP contribution is 2.35. The normalized spacial score (nSPS) is 11.8. The highest BCUT2D eigenvalue weighted by Gasteiger charge is 2.33. The summed E-state index contributed by atoms with van der Waals surface area (Å²) in [5, 5.41) is 0. The molecule has 0 aromatic carbocycles. The molecule has 0 atom stereocenters. The summed E-state index contributed by atoms with van der Waals surface area (Å²) in [5.41, 5.74) is 0.767. The topological polar surface area (TPSA) is 63.9 Å². The number of carbonyl (C=O) groups is 1. The zero-order valence-electron chi connectivity index (χ0n) is 16.5. The molecule has 11 heteroatoms. The van der Waals surface area contributed by atoms with Crippen LogP contribution in [-0.2, 0) is 18.0 Å². The van der Waals surface area contributed by atoms with E-state index < -0.39 is 11.9 Å². The summed E-state index contributed by atoms with van der Waals surface area (Å²) in [7, 11) is 1.70. The molecule has 0 aliphatic heterocycles. The Hall–Kier alpha value is -2.33. The lowest BCUT2D eigenvalue weighted by molar-refractivity contribution is -0.141. The predicted octanol–water partition coefficient (Wildman–Crippen LogP) is 4.75. The number of halogens is 4. The van der Waals surface area contributed by atoms with Gasteiger partial charge in [0.05, 0.1) is 29.1 Å². The van der Waals surface area contributed by atoms with Gasteiger partial charge in [0.25, 0.3) is 0 Å². The van der Waals surface area contributed by atoms with Gasteiger partial charge in [-0.15, -0.1) is 23.4 Å². The first kappa shape index (κ1) is 22.4. The number of pyridine rings is 2. The molecule has 0 aliphatic carbocycles. The number of rotatable bonds is 6. The number of thioether (sulfide) groups is 1. The van der Waals surface area contributed by atoms with Gasteiger partial charge >= 0.3 is 6.18 Å². The van der Waals surface area contributed by atoms with E-state index in [1.54, 1.807) is 17.8 Å². The number of aryl methyl sites for hydroxylation is 1. The van der Waals surface area contributed by atoms with Crippen LogP contribution in [0.3, 0.4) is 0 Å². The minimum atomic E-state index is -4.55. The number of alkyl halides is 4. The summed E-state index contributed by atoms with van der Waals surface area (Å²) in [6.07, 6.45) is -1.84. The van der Waals surface area contributed by atoms with Crippen molar-refractivity contribution in [2.75, 3.05) is 23.1 Å². The number of imidazole rings is 1. The van der Waals surface area contributed by atoms with Crippen LogP contribution in [0, 0.1) is 0 Å². The van der Waals surface area contributed by atoms with Gasteiger partial charge in [-0.25, -0.2) is 15.0 Å². The monoisotopic (exact) mass is 457 g/mol. The van der Waals surface area contributed by atoms with E-state index in [9.17, 15) is 18.0 Å². The van der Waals surface area contributed by atoms with E-state index in [0.717, 1.165) is 22.9 Å². The van der Waals surface area contributed by atoms with E-state index in [2.05, 4.69) is 15.0 Å². The van der Waals surface area contributed by atoms with Gasteiger partial charge in [-0.3, -0.25) is 4.79 Å². The number of anilines is 1. The number of amides is 1. The minimum Gasteiger partial charge on any atom is -0.325 e. The van der Waals surface area contributed by atoms with Crippen molar-refractivity contribution in [1.82, 2.24) is 19.5 Å². The molecule has 3 aromatic heterocycles. The summed E-state index contributed by atoms with van der Waals surface area (Å²) in [4.78, 5) is 26.8. The van der Waals surface area contributed by atoms with Gasteiger partial charge in [0.2, 0.25) is 5.91 Å². The molecule has 0 N–H and O–H groups in total. The molecular weight excluding hydrogens is 439 g/mol. The largest absolute Gasteiger partial charge is 0.433 e. The quantitative estimate of drug-likeness (QED) is 0.394. The Morgan fingerprint density at radius 3 is 2.57 bits per heavy atom. The van der Waals surface area contributed by atoms with Crippen LogP contribution in [0.2, 0.25) is 0 Å². The summed E-state index contributed by atoms with van der Waals surface area (Å²) in [6.45, 7) is 4.24. The van der Waals surface area contributed by atoms with Crippen LogP contribution in [0.4, 0.5) is 18.9 Å². The lowest BCUT2D eigenvalue weighted by atomic mass is 10.3. The summed E-state index contributed by atoms with van der Waals surface area (Å²) in [5.74, 6) is 0.762. The van der Waals surface area contributed by atoms with Gasteiger partial charge in [-0.05, 0) is 24.8 Å². The standard InChI is InChI=1S/C19H19ClF3N5OS/c1-4-28(16(29)8-20)11-6-14(30-5-2)17(25-9-11)18-26-12-7-15(19(21,22)23)24-10-13(12)27(18)3/h6-7,9-10H,4-5,8H2,1-3H3. The first-order valence-corrected chi connectivity index (χ1v) is 10.6. The molecule has 0 unspecified atom stereocenters. The maximum atomic E-state index is 13.0. The maximum Gasteiger partial charge on any atom is 0.433 e. The van der Waals surface area contributed by atoms with Crippen molar-refractivity contribution in [2.24, 2.45) is 7.05 Å². The molecule has 3 heterocycles. The smallest absolute Gasteiger partial charge is 0.325 e. The SMILES string of the molecule is CCSc1cc(N(CC)C(=O)CCl)cnc1-c1nc2cc(C(F)(F)F)ncc2n1C. The highest BCUT2D eigenvalue weighted by atomic mass is 35.5. The molecular formula is C19H19ClF3N5OS. The molecule has 3 aromatic rings. The van der Waals surface area contributed by atoms with Crippen LogP contribution in [0.5, 0.6) is 0 Å². The number of aromatic nitrogens is 4. The molecule has 0 aliphatic rings. The molecule has 0 spiro atoms. The van der Waals surface area contributed by atoms with E-state index >= 15 is 0 Å². The van der Waals surface area contributed by atoms with Gasteiger partial charge < -0.3 is 9.47 Å². The molecule has 160 valence electrons. The Morgan fingerprint density at radius 2 is 1.97 bits per heavy atom. The highest BCUT2D eigenvalue weighted by molar-refractivity contribution is 7.99. The fourth-order valence-electron chi connectivity index (χ4n) is 3.05. The van der Waals surface area contributed by atoms with Crippen LogP contribution in [0.15, 0.2) is 29.4 Å². The van der Waals surface area contributed by atoms with Gasteiger partial charge in [-0.1, -0.05) is 6.92 Å². The van der Waals surface area contributed by atoms with Crippen molar-refractivity contribution in [1.29, 1.82) is 0 Å². The van der Waals surface area contributed by atoms with Gasteiger partial charge in [0.15, 0.2) is 5.82 Å². The minimum absolute atomic E-state index is 0.148. The van der Waals surface area contributed by atoms with E-state index in [4.69, 9.17) is 11.6 Å². The van der Waals surface area contributed by atoms with Crippen LogP contribution < -0.4 is 4.90 Å². The lowest BCUT2D eigenvalue weighted by Crippen LogP contribution is -2.31. The third-order valence-electron chi connectivity index (χ3n) is 4.45. The average Bonchev–Trinajstić information content (AvgIpc) is 3.04. The molecule has 0 fully saturated rings. The van der Waals surface area contributed by atoms with Crippen molar-refractivity contribution < 1.29 is 18.0 Å². The molecule has 0 saturated carbocycles. The Kier molecular flexibility index (Phi) is 6.56. The van der Waals surface area contributed by atoms with Crippen molar-refractivity contribution in [3.63, 3.8) is 0 Å². The number of hydrogen-bond acceptors (Lipinski definition) is 5. The van der Waals surface area contributed by atoms with Crippen molar-refractivity contribution in [3.8, 4) is 11.5 Å². The maximum absolute atomic E-state index is 13.0. The first-order chi connectivity index (χ1) is 14.2. The summed E-state index contributed by atoms with van der Waals surface area (Å²) < 4.78 is 40.7. The second kappa shape index (κ2) is 8.81. The number of nitrogens with zero attached hydrogens (tertiary/aromatic N) is 5. The molecule has 3 rings (SSSR count). The molecule has 0 bridgehead atoms. The van der Waals surface area contributed by atoms with Crippen LogP contribution in [0.1, 0.15) is 19.5 Å². The van der Waals surface area contributed by atoms with E-state index in [1.807, 2.05) is 19.9 Å². The van der Waals surface area contributed by atoms with Gasteiger partial charge in [-0.2, -0.15) is 13.2 Å². The van der Waals surface area contributed by atoms with Gasteiger partial charge in [0.1, 0.15) is 17.3 Å². The zero-order valence-corrected chi connectivity index (χ0v) is 18.1. The third-order valence-corrected chi connectivity index (χ3v) is 5.59. The molecule has 6 nitrogen and oxygen atoms in total. The van der Waals surface area contributed by atoms with Crippen LogP contribution >= 0.6 is 23.4 Å². The zero-order chi connectivity index (χ0) is 22.1. The van der Waals surface area contributed by atoms with Crippen LogP contribution in [-0.4, -0.2) is 43.6 Å². The van der Waals surface area contributed by atoms with E-state index in [1.165, 1.54) is 16.7 Å². The number of fused-ring (bicyclic) bond motifs is 1. The Bertz CT molecular complexity index is 1090. The predicted molar refractivity (Wildman–Crippen MR) is 112 cm³/mol.